The zero-order valence-electron chi connectivity index (χ0n) is 9.83. The van der Waals surface area contributed by atoms with Crippen LogP contribution in [0.5, 0.6) is 0 Å². The molecule has 0 aromatic heterocycles. The van der Waals surface area contributed by atoms with Crippen LogP contribution in [-0.2, 0) is 5.41 Å². The second-order valence-corrected chi connectivity index (χ2v) is 4.55. The van der Waals surface area contributed by atoms with Crippen molar-refractivity contribution in [1.29, 1.82) is 0 Å². The summed E-state index contributed by atoms with van der Waals surface area (Å²) < 4.78 is 0. The van der Waals surface area contributed by atoms with Crippen molar-refractivity contribution in [1.82, 2.24) is 0 Å². The highest BCUT2D eigenvalue weighted by atomic mass is 16.3. The monoisotopic (exact) mass is 207 g/mol. The fourth-order valence-electron chi connectivity index (χ4n) is 1.80. The molecular formula is C13H21NO. The molecule has 0 aliphatic carbocycles. The molecule has 0 aliphatic heterocycles. The SMILES string of the molecule is Cc1ccc(C(C)(CCO)C(C)N)cc1. The second kappa shape index (κ2) is 4.77. The first-order valence-electron chi connectivity index (χ1n) is 5.44. The molecule has 0 fully saturated rings. The highest BCUT2D eigenvalue weighted by Gasteiger charge is 2.30. The Bertz CT molecular complexity index is 305. The van der Waals surface area contributed by atoms with Crippen molar-refractivity contribution in [2.24, 2.45) is 5.73 Å². The number of aliphatic hydroxyl groups is 1. The zero-order valence-corrected chi connectivity index (χ0v) is 9.83. The molecule has 3 N–H and O–H groups in total. The van der Waals surface area contributed by atoms with Crippen LogP contribution in [0.3, 0.4) is 0 Å². The van der Waals surface area contributed by atoms with Gasteiger partial charge in [0.2, 0.25) is 0 Å². The van der Waals surface area contributed by atoms with Crippen molar-refractivity contribution in [3.8, 4) is 0 Å². The lowest BCUT2D eigenvalue weighted by molar-refractivity contribution is 0.229. The van der Waals surface area contributed by atoms with Gasteiger partial charge in [0.05, 0.1) is 0 Å². The van der Waals surface area contributed by atoms with Gasteiger partial charge in [0.25, 0.3) is 0 Å². The van der Waals surface area contributed by atoms with Crippen molar-refractivity contribution < 1.29 is 5.11 Å². The summed E-state index contributed by atoms with van der Waals surface area (Å²) >= 11 is 0. The van der Waals surface area contributed by atoms with E-state index in [1.807, 2.05) is 6.92 Å². The van der Waals surface area contributed by atoms with Gasteiger partial charge >= 0.3 is 0 Å². The molecule has 0 heterocycles. The molecule has 2 nitrogen and oxygen atoms in total. The normalized spacial score (nSPS) is 17.1. The molecule has 1 aromatic carbocycles. The van der Waals surface area contributed by atoms with Gasteiger partial charge in [-0.3, -0.25) is 0 Å². The van der Waals surface area contributed by atoms with E-state index < -0.39 is 0 Å². The second-order valence-electron chi connectivity index (χ2n) is 4.55. The minimum Gasteiger partial charge on any atom is -0.396 e. The maximum atomic E-state index is 9.11. The van der Waals surface area contributed by atoms with Gasteiger partial charge in [0, 0.05) is 18.1 Å². The van der Waals surface area contributed by atoms with Gasteiger partial charge in [-0.15, -0.1) is 0 Å². The summed E-state index contributed by atoms with van der Waals surface area (Å²) in [6.45, 7) is 6.35. The first kappa shape index (κ1) is 12.2. The van der Waals surface area contributed by atoms with Crippen LogP contribution >= 0.6 is 0 Å². The van der Waals surface area contributed by atoms with Crippen molar-refractivity contribution in [2.45, 2.75) is 38.6 Å². The number of aryl methyl sites for hydroxylation is 1. The summed E-state index contributed by atoms with van der Waals surface area (Å²) in [5.41, 5.74) is 8.33. The van der Waals surface area contributed by atoms with Gasteiger partial charge in [0.15, 0.2) is 0 Å². The molecule has 2 unspecified atom stereocenters. The van der Waals surface area contributed by atoms with Crippen molar-refractivity contribution >= 4 is 0 Å². The highest BCUT2D eigenvalue weighted by molar-refractivity contribution is 5.29. The van der Waals surface area contributed by atoms with Crippen molar-refractivity contribution in [2.75, 3.05) is 6.61 Å². The third-order valence-corrected chi connectivity index (χ3v) is 3.35. The van der Waals surface area contributed by atoms with E-state index in [2.05, 4.69) is 38.1 Å². The minimum absolute atomic E-state index is 0.0346. The van der Waals surface area contributed by atoms with E-state index in [9.17, 15) is 0 Å². The number of hydrogen-bond acceptors (Lipinski definition) is 2. The molecule has 1 rings (SSSR count). The summed E-state index contributed by atoms with van der Waals surface area (Å²) in [6.07, 6.45) is 0.702. The van der Waals surface area contributed by atoms with Crippen LogP contribution in [0, 0.1) is 6.92 Å². The molecule has 0 spiro atoms. The Morgan fingerprint density at radius 1 is 1.33 bits per heavy atom. The Hall–Kier alpha value is -0.860. The molecule has 0 bridgehead atoms. The Morgan fingerprint density at radius 2 is 1.87 bits per heavy atom. The summed E-state index contributed by atoms with van der Waals surface area (Å²) in [5, 5.41) is 9.11. The smallest absolute Gasteiger partial charge is 0.0440 e. The van der Waals surface area contributed by atoms with E-state index in [0.29, 0.717) is 6.42 Å². The molecule has 0 aliphatic rings. The van der Waals surface area contributed by atoms with Crippen LogP contribution in [0.1, 0.15) is 31.4 Å². The third-order valence-electron chi connectivity index (χ3n) is 3.35. The summed E-state index contributed by atoms with van der Waals surface area (Å²) in [6, 6.07) is 8.43. The highest BCUT2D eigenvalue weighted by Crippen LogP contribution is 2.30. The molecular weight excluding hydrogens is 186 g/mol. The number of nitrogens with two attached hydrogens (primary N) is 1. The van der Waals surface area contributed by atoms with Crippen LogP contribution in [0.25, 0.3) is 0 Å². The molecule has 0 saturated carbocycles. The third kappa shape index (κ3) is 2.58. The lowest BCUT2D eigenvalue weighted by Crippen LogP contribution is -2.41. The predicted molar refractivity (Wildman–Crippen MR) is 63.9 cm³/mol. The fraction of sp³-hybridized carbons (Fsp3) is 0.538. The van der Waals surface area contributed by atoms with Gasteiger partial charge in [0.1, 0.15) is 0 Å². The van der Waals surface area contributed by atoms with Crippen LogP contribution in [-0.4, -0.2) is 17.8 Å². The van der Waals surface area contributed by atoms with Crippen molar-refractivity contribution in [3.05, 3.63) is 35.4 Å². The maximum absolute atomic E-state index is 9.11. The summed E-state index contributed by atoms with van der Waals surface area (Å²) in [5.74, 6) is 0. The first-order valence-corrected chi connectivity index (χ1v) is 5.44. The van der Waals surface area contributed by atoms with E-state index in [1.165, 1.54) is 11.1 Å². The fourth-order valence-corrected chi connectivity index (χ4v) is 1.80. The van der Waals surface area contributed by atoms with Gasteiger partial charge < -0.3 is 10.8 Å². The van der Waals surface area contributed by atoms with Gasteiger partial charge in [-0.05, 0) is 25.8 Å². The Labute approximate surface area is 92.1 Å². The van der Waals surface area contributed by atoms with Gasteiger partial charge in [-0.1, -0.05) is 36.8 Å². The Morgan fingerprint density at radius 3 is 2.27 bits per heavy atom. The van der Waals surface area contributed by atoms with Crippen LogP contribution in [0.4, 0.5) is 0 Å². The summed E-state index contributed by atoms with van der Waals surface area (Å²) in [4.78, 5) is 0. The standard InChI is InChI=1S/C13H21NO/c1-10-4-6-12(7-5-10)13(3,8-9-15)11(2)14/h4-7,11,15H,8-9,14H2,1-3H3. The largest absolute Gasteiger partial charge is 0.396 e. The molecule has 0 saturated heterocycles. The van der Waals surface area contributed by atoms with Crippen LogP contribution in [0.2, 0.25) is 0 Å². The number of hydrogen-bond donors (Lipinski definition) is 2. The zero-order chi connectivity index (χ0) is 11.5. The Balaban J connectivity index is 3.04. The average molecular weight is 207 g/mol. The average Bonchev–Trinajstić information content (AvgIpc) is 2.18. The van der Waals surface area contributed by atoms with Crippen LogP contribution in [0.15, 0.2) is 24.3 Å². The van der Waals surface area contributed by atoms with E-state index in [0.717, 1.165) is 0 Å². The Kier molecular flexibility index (Phi) is 3.89. The van der Waals surface area contributed by atoms with Crippen molar-refractivity contribution in [3.63, 3.8) is 0 Å². The first-order chi connectivity index (χ1) is 7.00. The van der Waals surface area contributed by atoms with Crippen LogP contribution < -0.4 is 5.73 Å². The molecule has 2 atom stereocenters. The molecule has 0 amide bonds. The van der Waals surface area contributed by atoms with Gasteiger partial charge in [-0.25, -0.2) is 0 Å². The number of aliphatic hydroxyl groups excluding tert-OH is 1. The minimum atomic E-state index is -0.136. The lowest BCUT2D eigenvalue weighted by Gasteiger charge is -2.33. The van der Waals surface area contributed by atoms with E-state index in [4.69, 9.17) is 10.8 Å². The molecule has 2 heteroatoms. The van der Waals surface area contributed by atoms with E-state index >= 15 is 0 Å². The maximum Gasteiger partial charge on any atom is 0.0440 e. The lowest BCUT2D eigenvalue weighted by atomic mass is 9.74. The number of rotatable bonds is 4. The summed E-state index contributed by atoms with van der Waals surface area (Å²) in [7, 11) is 0. The topological polar surface area (TPSA) is 46.2 Å². The quantitative estimate of drug-likeness (QED) is 0.793. The van der Waals surface area contributed by atoms with E-state index in [-0.39, 0.29) is 18.1 Å². The van der Waals surface area contributed by atoms with E-state index in [1.54, 1.807) is 0 Å². The molecule has 1 aromatic rings. The predicted octanol–water partition coefficient (Wildman–Crippen LogP) is 1.98. The number of benzene rings is 1. The van der Waals surface area contributed by atoms with Gasteiger partial charge in [-0.2, -0.15) is 0 Å². The molecule has 15 heavy (non-hydrogen) atoms. The molecule has 0 radical (unpaired) electrons. The molecule has 84 valence electrons.